The Kier molecular flexibility index (Phi) is 5.59. The van der Waals surface area contributed by atoms with Gasteiger partial charge in [-0.1, -0.05) is 25.7 Å². The summed E-state index contributed by atoms with van der Waals surface area (Å²) < 4.78 is 11.2. The number of rotatable bonds is 5. The van der Waals surface area contributed by atoms with Crippen molar-refractivity contribution in [1.82, 2.24) is 5.32 Å². The fourth-order valence-electron chi connectivity index (χ4n) is 2.59. The lowest BCUT2D eigenvalue weighted by molar-refractivity contribution is 0.0438. The van der Waals surface area contributed by atoms with Crippen LogP contribution in [0.3, 0.4) is 0 Å². The Morgan fingerprint density at radius 3 is 2.56 bits per heavy atom. The summed E-state index contributed by atoms with van der Waals surface area (Å²) in [5.74, 6) is 0. The lowest BCUT2D eigenvalue weighted by Crippen LogP contribution is -2.33. The molecule has 1 aliphatic heterocycles. The first-order valence-corrected chi connectivity index (χ1v) is 6.88. The van der Waals surface area contributed by atoms with Crippen molar-refractivity contribution in [3.63, 3.8) is 0 Å². The van der Waals surface area contributed by atoms with Gasteiger partial charge in [0.05, 0.1) is 19.3 Å². The van der Waals surface area contributed by atoms with Crippen molar-refractivity contribution in [2.24, 2.45) is 0 Å². The van der Waals surface area contributed by atoms with Gasteiger partial charge in [-0.15, -0.1) is 0 Å². The van der Waals surface area contributed by atoms with Crippen molar-refractivity contribution in [2.45, 2.75) is 57.1 Å². The molecule has 0 aromatic rings. The zero-order valence-electron chi connectivity index (χ0n) is 10.2. The molecule has 1 N–H and O–H groups in total. The van der Waals surface area contributed by atoms with Crippen LogP contribution in [0.15, 0.2) is 0 Å². The summed E-state index contributed by atoms with van der Waals surface area (Å²) in [7, 11) is 0. The third-order valence-electron chi connectivity index (χ3n) is 3.62. The topological polar surface area (TPSA) is 30.5 Å². The van der Waals surface area contributed by atoms with Crippen LogP contribution in [0, 0.1) is 0 Å². The second-order valence-corrected chi connectivity index (χ2v) is 5.00. The smallest absolute Gasteiger partial charge is 0.0620 e. The Morgan fingerprint density at radius 1 is 1.06 bits per heavy atom. The summed E-state index contributed by atoms with van der Waals surface area (Å²) in [4.78, 5) is 0. The third kappa shape index (κ3) is 4.40. The van der Waals surface area contributed by atoms with E-state index in [0.29, 0.717) is 12.1 Å². The molecule has 1 heterocycles. The van der Waals surface area contributed by atoms with E-state index in [-0.39, 0.29) is 0 Å². The van der Waals surface area contributed by atoms with Gasteiger partial charge in [-0.25, -0.2) is 0 Å². The number of nitrogens with one attached hydrogen (secondary N) is 1. The largest absolute Gasteiger partial charge is 0.380 e. The van der Waals surface area contributed by atoms with Crippen molar-refractivity contribution >= 4 is 0 Å². The fourth-order valence-corrected chi connectivity index (χ4v) is 2.59. The van der Waals surface area contributed by atoms with Gasteiger partial charge < -0.3 is 14.8 Å². The van der Waals surface area contributed by atoms with Crippen LogP contribution in [-0.4, -0.2) is 38.5 Å². The van der Waals surface area contributed by atoms with Crippen LogP contribution < -0.4 is 5.32 Å². The maximum Gasteiger partial charge on any atom is 0.0620 e. The average Bonchev–Trinajstić information content (AvgIpc) is 2.68. The van der Waals surface area contributed by atoms with Crippen molar-refractivity contribution in [2.75, 3.05) is 26.4 Å². The van der Waals surface area contributed by atoms with Crippen molar-refractivity contribution in [3.8, 4) is 0 Å². The van der Waals surface area contributed by atoms with E-state index in [2.05, 4.69) is 5.32 Å². The molecule has 94 valence electrons. The normalized spacial score (nSPS) is 28.1. The van der Waals surface area contributed by atoms with Gasteiger partial charge in [-0.05, 0) is 19.3 Å². The molecule has 2 rings (SSSR count). The highest BCUT2D eigenvalue weighted by atomic mass is 16.5. The monoisotopic (exact) mass is 227 g/mol. The highest BCUT2D eigenvalue weighted by Crippen LogP contribution is 2.19. The molecule has 2 aliphatic rings. The van der Waals surface area contributed by atoms with Crippen LogP contribution in [-0.2, 0) is 9.47 Å². The first kappa shape index (κ1) is 12.3. The van der Waals surface area contributed by atoms with Crippen molar-refractivity contribution < 1.29 is 9.47 Å². The molecule has 0 radical (unpaired) electrons. The Balaban J connectivity index is 1.49. The Labute approximate surface area is 98.9 Å². The van der Waals surface area contributed by atoms with Crippen LogP contribution in [0.1, 0.15) is 44.9 Å². The van der Waals surface area contributed by atoms with E-state index < -0.39 is 0 Å². The maximum absolute atomic E-state index is 5.92. The van der Waals surface area contributed by atoms with Gasteiger partial charge in [0.1, 0.15) is 0 Å². The molecule has 1 saturated carbocycles. The molecule has 0 aromatic carbocycles. The van der Waals surface area contributed by atoms with Gasteiger partial charge in [0, 0.05) is 19.2 Å². The summed E-state index contributed by atoms with van der Waals surface area (Å²) in [6, 6.07) is 0.567. The van der Waals surface area contributed by atoms with E-state index in [0.717, 1.165) is 32.8 Å². The standard InChI is InChI=1S/C13H25NO2/c1-2-4-6-13(5-3-1)16-10-8-14-12-7-9-15-11-12/h12-14H,1-11H2. The van der Waals surface area contributed by atoms with Crippen LogP contribution in [0.5, 0.6) is 0 Å². The van der Waals surface area contributed by atoms with Gasteiger partial charge in [0.2, 0.25) is 0 Å². The van der Waals surface area contributed by atoms with Crippen LogP contribution in [0.25, 0.3) is 0 Å². The number of hydrogen-bond donors (Lipinski definition) is 1. The van der Waals surface area contributed by atoms with Gasteiger partial charge in [-0.3, -0.25) is 0 Å². The second-order valence-electron chi connectivity index (χ2n) is 5.00. The Morgan fingerprint density at radius 2 is 1.88 bits per heavy atom. The fraction of sp³-hybridized carbons (Fsp3) is 1.00. The highest BCUT2D eigenvalue weighted by molar-refractivity contribution is 4.71. The molecule has 0 aromatic heterocycles. The lowest BCUT2D eigenvalue weighted by atomic mass is 10.1. The molecule has 1 aliphatic carbocycles. The van der Waals surface area contributed by atoms with Gasteiger partial charge in [-0.2, -0.15) is 0 Å². The Hall–Kier alpha value is -0.120. The van der Waals surface area contributed by atoms with E-state index in [4.69, 9.17) is 9.47 Å². The predicted octanol–water partition coefficient (Wildman–Crippen LogP) is 2.10. The Bertz CT molecular complexity index is 173. The molecular formula is C13H25NO2. The van der Waals surface area contributed by atoms with Crippen LogP contribution in [0.4, 0.5) is 0 Å². The van der Waals surface area contributed by atoms with Crippen LogP contribution in [0.2, 0.25) is 0 Å². The quantitative estimate of drug-likeness (QED) is 0.576. The molecule has 0 bridgehead atoms. The van der Waals surface area contributed by atoms with E-state index >= 15 is 0 Å². The molecule has 2 fully saturated rings. The molecule has 3 nitrogen and oxygen atoms in total. The molecule has 0 spiro atoms. The van der Waals surface area contributed by atoms with Crippen LogP contribution >= 0.6 is 0 Å². The number of ether oxygens (including phenoxy) is 2. The van der Waals surface area contributed by atoms with E-state index in [1.807, 2.05) is 0 Å². The van der Waals surface area contributed by atoms with E-state index in [9.17, 15) is 0 Å². The predicted molar refractivity (Wildman–Crippen MR) is 64.7 cm³/mol. The third-order valence-corrected chi connectivity index (χ3v) is 3.62. The van der Waals surface area contributed by atoms with Gasteiger partial charge >= 0.3 is 0 Å². The number of hydrogen-bond acceptors (Lipinski definition) is 3. The van der Waals surface area contributed by atoms with Crippen molar-refractivity contribution in [1.29, 1.82) is 0 Å². The summed E-state index contributed by atoms with van der Waals surface area (Å²) in [5.41, 5.74) is 0. The zero-order chi connectivity index (χ0) is 11.1. The minimum atomic E-state index is 0.532. The van der Waals surface area contributed by atoms with E-state index in [1.54, 1.807) is 0 Å². The zero-order valence-corrected chi connectivity index (χ0v) is 10.2. The molecule has 16 heavy (non-hydrogen) atoms. The SMILES string of the molecule is C1CCCC(OCCNC2CCOC2)CC1. The summed E-state index contributed by atoms with van der Waals surface area (Å²) in [6.07, 6.45) is 9.74. The van der Waals surface area contributed by atoms with Gasteiger partial charge in [0.25, 0.3) is 0 Å². The minimum absolute atomic E-state index is 0.532. The van der Waals surface area contributed by atoms with Gasteiger partial charge in [0.15, 0.2) is 0 Å². The molecule has 1 saturated heterocycles. The summed E-state index contributed by atoms with van der Waals surface area (Å²) >= 11 is 0. The maximum atomic E-state index is 5.92. The first-order valence-electron chi connectivity index (χ1n) is 6.88. The lowest BCUT2D eigenvalue weighted by Gasteiger charge is -2.16. The first-order chi connectivity index (χ1) is 7.95. The molecule has 1 unspecified atom stereocenters. The molecule has 0 amide bonds. The second kappa shape index (κ2) is 7.25. The summed E-state index contributed by atoms with van der Waals surface area (Å²) in [6.45, 7) is 3.64. The molecule has 1 atom stereocenters. The summed E-state index contributed by atoms with van der Waals surface area (Å²) in [5, 5.41) is 3.49. The average molecular weight is 227 g/mol. The highest BCUT2D eigenvalue weighted by Gasteiger charge is 2.15. The molecule has 3 heteroatoms. The van der Waals surface area contributed by atoms with E-state index in [1.165, 1.54) is 38.5 Å². The van der Waals surface area contributed by atoms with Crippen molar-refractivity contribution in [3.05, 3.63) is 0 Å². The molecular weight excluding hydrogens is 202 g/mol. The minimum Gasteiger partial charge on any atom is -0.380 e.